The van der Waals surface area contributed by atoms with Crippen LogP contribution in [-0.4, -0.2) is 23.3 Å². The van der Waals surface area contributed by atoms with Gasteiger partial charge in [-0.15, -0.1) is 11.8 Å². The van der Waals surface area contributed by atoms with E-state index in [4.69, 9.17) is 4.74 Å². The number of ether oxygens (including phenoxy) is 1. The van der Waals surface area contributed by atoms with Crippen molar-refractivity contribution in [1.82, 2.24) is 4.90 Å². The third-order valence-corrected chi connectivity index (χ3v) is 6.30. The first kappa shape index (κ1) is 21.9. The van der Waals surface area contributed by atoms with Gasteiger partial charge in [0.2, 0.25) is 0 Å². The Morgan fingerprint density at radius 3 is 2.03 bits per heavy atom. The first-order valence-corrected chi connectivity index (χ1v) is 11.7. The van der Waals surface area contributed by atoms with Gasteiger partial charge in [0, 0.05) is 5.75 Å². The van der Waals surface area contributed by atoms with Gasteiger partial charge < -0.3 is 4.74 Å². The minimum atomic E-state index is -0.253. The molecule has 0 radical (unpaired) electrons. The molecule has 3 aromatic carbocycles. The van der Waals surface area contributed by atoms with Crippen molar-refractivity contribution in [2.75, 3.05) is 6.61 Å². The highest BCUT2D eigenvalue weighted by Crippen LogP contribution is 2.38. The lowest BCUT2D eigenvalue weighted by atomic mass is 10.1. The van der Waals surface area contributed by atoms with Crippen LogP contribution < -0.4 is 4.74 Å². The summed E-state index contributed by atoms with van der Waals surface area (Å²) in [4.78, 5) is 28.6. The van der Waals surface area contributed by atoms with E-state index in [1.807, 2.05) is 84.9 Å². The molecule has 0 saturated heterocycles. The molecule has 4 rings (SSSR count). The number of hydrogen-bond donors (Lipinski definition) is 0. The first-order valence-electron chi connectivity index (χ1n) is 10.7. The van der Waals surface area contributed by atoms with Crippen LogP contribution in [0, 0.1) is 0 Å². The molecule has 0 unspecified atom stereocenters. The second-order valence-electron chi connectivity index (χ2n) is 7.53. The molecule has 1 heterocycles. The highest BCUT2D eigenvalue weighted by molar-refractivity contribution is 8.03. The van der Waals surface area contributed by atoms with Crippen LogP contribution >= 0.6 is 11.8 Å². The summed E-state index contributed by atoms with van der Waals surface area (Å²) in [6.45, 7) is 2.96. The van der Waals surface area contributed by atoms with Gasteiger partial charge in [-0.25, -0.2) is 0 Å². The van der Waals surface area contributed by atoms with E-state index in [1.54, 1.807) is 0 Å². The van der Waals surface area contributed by atoms with Gasteiger partial charge in [-0.1, -0.05) is 79.7 Å². The summed E-state index contributed by atoms with van der Waals surface area (Å²) in [5, 5.41) is 0. The van der Waals surface area contributed by atoms with E-state index in [2.05, 4.69) is 6.92 Å². The zero-order valence-electron chi connectivity index (χ0n) is 18.0. The normalized spacial score (nSPS) is 13.7. The van der Waals surface area contributed by atoms with Crippen molar-refractivity contribution >= 4 is 29.1 Å². The van der Waals surface area contributed by atoms with E-state index < -0.39 is 0 Å². The van der Waals surface area contributed by atoms with Crippen molar-refractivity contribution in [3.05, 3.63) is 107 Å². The number of rotatable bonds is 9. The molecule has 0 aromatic heterocycles. The lowest BCUT2D eigenvalue weighted by Crippen LogP contribution is -2.30. The van der Waals surface area contributed by atoms with Gasteiger partial charge in [-0.3, -0.25) is 14.5 Å². The minimum absolute atomic E-state index is 0.235. The summed E-state index contributed by atoms with van der Waals surface area (Å²) in [5.74, 6) is 0.889. The van der Waals surface area contributed by atoms with Crippen molar-refractivity contribution in [2.45, 2.75) is 25.6 Å². The number of thioether (sulfide) groups is 1. The summed E-state index contributed by atoms with van der Waals surface area (Å²) < 4.78 is 5.67. The molecular formula is C27H25NO3S. The Bertz CT molecular complexity index is 1110. The monoisotopic (exact) mass is 443 g/mol. The Morgan fingerprint density at radius 1 is 0.781 bits per heavy atom. The number of carbonyl (C=O) groups excluding carboxylic acids is 2. The van der Waals surface area contributed by atoms with E-state index in [9.17, 15) is 9.59 Å². The zero-order valence-corrected chi connectivity index (χ0v) is 18.8. The Balaban J connectivity index is 1.64. The third-order valence-electron chi connectivity index (χ3n) is 5.15. The van der Waals surface area contributed by atoms with Gasteiger partial charge in [0.1, 0.15) is 5.75 Å². The van der Waals surface area contributed by atoms with Crippen LogP contribution in [-0.2, 0) is 21.9 Å². The molecule has 1 aliphatic heterocycles. The maximum atomic E-state index is 13.4. The van der Waals surface area contributed by atoms with Crippen LogP contribution in [0.3, 0.4) is 0 Å². The second-order valence-corrected chi connectivity index (χ2v) is 8.52. The van der Waals surface area contributed by atoms with Crippen LogP contribution in [0.1, 0.15) is 30.0 Å². The van der Waals surface area contributed by atoms with Crippen molar-refractivity contribution < 1.29 is 14.3 Å². The van der Waals surface area contributed by atoms with E-state index in [0.29, 0.717) is 22.8 Å². The van der Waals surface area contributed by atoms with Gasteiger partial charge in [-0.2, -0.15) is 0 Å². The van der Waals surface area contributed by atoms with E-state index in [1.165, 1.54) is 16.7 Å². The average Bonchev–Trinajstić information content (AvgIpc) is 3.07. The zero-order chi connectivity index (χ0) is 22.3. The number of hydrogen-bond acceptors (Lipinski definition) is 4. The second kappa shape index (κ2) is 10.3. The van der Waals surface area contributed by atoms with Gasteiger partial charge >= 0.3 is 0 Å². The van der Waals surface area contributed by atoms with Crippen LogP contribution in [0.25, 0.3) is 5.57 Å². The molecule has 0 bridgehead atoms. The minimum Gasteiger partial charge on any atom is -0.494 e. The lowest BCUT2D eigenvalue weighted by molar-refractivity contribution is -0.137. The average molecular weight is 444 g/mol. The molecule has 0 N–H and O–H groups in total. The Hall–Kier alpha value is -3.31. The fraction of sp³-hybridized carbons (Fsp3) is 0.185. The molecule has 32 heavy (non-hydrogen) atoms. The van der Waals surface area contributed by atoms with Crippen molar-refractivity contribution in [2.24, 2.45) is 0 Å². The maximum Gasteiger partial charge on any atom is 0.268 e. The molecule has 0 saturated carbocycles. The Labute approximate surface area is 192 Å². The molecule has 5 heteroatoms. The third kappa shape index (κ3) is 4.94. The standard InChI is InChI=1S/C27H25NO3S/c1-2-17-31-23-15-13-22(14-16-23)24-25(32-19-21-11-7-4-8-12-21)27(30)28(26(24)29)18-20-9-5-3-6-10-20/h3-16H,2,17-19H2,1H3. The van der Waals surface area contributed by atoms with Crippen molar-refractivity contribution in [3.63, 3.8) is 0 Å². The summed E-state index contributed by atoms with van der Waals surface area (Å²) in [5.41, 5.74) is 3.23. The van der Waals surface area contributed by atoms with E-state index in [0.717, 1.165) is 28.9 Å². The number of amides is 2. The van der Waals surface area contributed by atoms with Crippen LogP contribution in [0.2, 0.25) is 0 Å². The first-order chi connectivity index (χ1) is 15.7. The van der Waals surface area contributed by atoms with Crippen LogP contribution in [0.15, 0.2) is 89.8 Å². The van der Waals surface area contributed by atoms with Crippen molar-refractivity contribution in [3.8, 4) is 5.75 Å². The Kier molecular flexibility index (Phi) is 7.07. The van der Waals surface area contributed by atoms with E-state index >= 15 is 0 Å². The highest BCUT2D eigenvalue weighted by Gasteiger charge is 2.39. The fourth-order valence-corrected chi connectivity index (χ4v) is 4.61. The number of carbonyl (C=O) groups is 2. The lowest BCUT2D eigenvalue weighted by Gasteiger charge is -2.15. The SMILES string of the molecule is CCCOc1ccc(C2=C(SCc3ccccc3)C(=O)N(Cc3ccccc3)C2=O)cc1. The number of imide groups is 1. The predicted octanol–water partition coefficient (Wildman–Crippen LogP) is 5.69. The quantitative estimate of drug-likeness (QED) is 0.399. The molecule has 0 aliphatic carbocycles. The van der Waals surface area contributed by atoms with Gasteiger partial charge in [-0.05, 0) is 35.2 Å². The van der Waals surface area contributed by atoms with Gasteiger partial charge in [0.25, 0.3) is 11.8 Å². The number of benzene rings is 3. The Morgan fingerprint density at radius 2 is 1.41 bits per heavy atom. The molecule has 2 amide bonds. The summed E-state index contributed by atoms with van der Waals surface area (Å²) in [6.07, 6.45) is 0.925. The maximum absolute atomic E-state index is 13.4. The molecule has 162 valence electrons. The van der Waals surface area contributed by atoms with Gasteiger partial charge in [0.05, 0.1) is 23.6 Å². The summed E-state index contributed by atoms with van der Waals surface area (Å²) in [6, 6.07) is 27.0. The molecular weight excluding hydrogens is 418 g/mol. The topological polar surface area (TPSA) is 46.6 Å². The van der Waals surface area contributed by atoms with Crippen molar-refractivity contribution in [1.29, 1.82) is 0 Å². The predicted molar refractivity (Wildman–Crippen MR) is 129 cm³/mol. The smallest absolute Gasteiger partial charge is 0.268 e. The molecule has 4 nitrogen and oxygen atoms in total. The summed E-state index contributed by atoms with van der Waals surface area (Å²) >= 11 is 1.42. The molecule has 1 aliphatic rings. The molecule has 0 spiro atoms. The van der Waals surface area contributed by atoms with Crippen LogP contribution in [0.4, 0.5) is 0 Å². The van der Waals surface area contributed by atoms with E-state index in [-0.39, 0.29) is 18.4 Å². The fourth-order valence-electron chi connectivity index (χ4n) is 3.52. The summed E-state index contributed by atoms with van der Waals surface area (Å²) in [7, 11) is 0. The largest absolute Gasteiger partial charge is 0.494 e. The van der Waals surface area contributed by atoms with Crippen LogP contribution in [0.5, 0.6) is 5.75 Å². The highest BCUT2D eigenvalue weighted by atomic mass is 32.2. The number of nitrogens with zero attached hydrogens (tertiary/aromatic N) is 1. The molecule has 0 fully saturated rings. The van der Waals surface area contributed by atoms with Gasteiger partial charge in [0.15, 0.2) is 0 Å². The molecule has 3 aromatic rings. The molecule has 0 atom stereocenters.